The Morgan fingerprint density at radius 3 is 2.33 bits per heavy atom. The number of hydrogen-bond donors (Lipinski definition) is 3. The zero-order valence-electron chi connectivity index (χ0n) is 19.7. The number of aromatic carboxylic acids is 1. The van der Waals surface area contributed by atoms with Crippen molar-refractivity contribution in [3.05, 3.63) is 71.0 Å². The number of ketones is 1. The number of hydrogen-bond acceptors (Lipinski definition) is 7. The van der Waals surface area contributed by atoms with E-state index >= 15 is 0 Å². The van der Waals surface area contributed by atoms with E-state index in [2.05, 4.69) is 19.8 Å². The first kappa shape index (κ1) is 25.1. The summed E-state index contributed by atoms with van der Waals surface area (Å²) in [6, 6.07) is 12.7. The van der Waals surface area contributed by atoms with Crippen LogP contribution >= 0.6 is 11.6 Å². The van der Waals surface area contributed by atoms with Crippen molar-refractivity contribution in [1.82, 2.24) is 9.97 Å². The van der Waals surface area contributed by atoms with Crippen LogP contribution in [0, 0.1) is 5.41 Å². The molecule has 0 atom stereocenters. The van der Waals surface area contributed by atoms with Crippen LogP contribution in [0.4, 0.5) is 11.6 Å². The van der Waals surface area contributed by atoms with Gasteiger partial charge in [0, 0.05) is 50.6 Å². The zero-order valence-corrected chi connectivity index (χ0v) is 20.4. The van der Waals surface area contributed by atoms with E-state index in [1.54, 1.807) is 24.5 Å². The summed E-state index contributed by atoms with van der Waals surface area (Å²) in [6.07, 6.45) is 4.53. The lowest BCUT2D eigenvalue weighted by molar-refractivity contribution is -0.117. The Morgan fingerprint density at radius 2 is 1.69 bits per heavy atom. The van der Waals surface area contributed by atoms with Crippen LogP contribution in [0.15, 0.2) is 54.9 Å². The summed E-state index contributed by atoms with van der Waals surface area (Å²) in [4.78, 5) is 36.4. The Hall–Kier alpha value is -3.98. The smallest absolute Gasteiger partial charge is 0.335 e. The van der Waals surface area contributed by atoms with Crippen molar-refractivity contribution in [2.24, 2.45) is 5.73 Å². The summed E-state index contributed by atoms with van der Waals surface area (Å²) in [5.41, 5.74) is 9.18. The second-order valence-corrected chi connectivity index (χ2v) is 9.07. The van der Waals surface area contributed by atoms with E-state index in [1.807, 2.05) is 24.3 Å². The Bertz CT molecular complexity index is 1270. The van der Waals surface area contributed by atoms with Gasteiger partial charge in [-0.15, -0.1) is 0 Å². The Balaban J connectivity index is 1.36. The summed E-state index contributed by atoms with van der Waals surface area (Å²) in [6.45, 7) is 2.84. The molecule has 1 aliphatic heterocycles. The monoisotopic (exact) mass is 506 g/mol. The zero-order chi connectivity index (χ0) is 25.7. The maximum Gasteiger partial charge on any atom is 0.335 e. The van der Waals surface area contributed by atoms with Crippen LogP contribution in [0.2, 0.25) is 5.02 Å². The fourth-order valence-electron chi connectivity index (χ4n) is 4.17. The minimum absolute atomic E-state index is 0.00665. The number of nitrogens with one attached hydrogen (secondary N) is 1. The largest absolute Gasteiger partial charge is 0.478 e. The molecule has 0 amide bonds. The molecule has 0 bridgehead atoms. The van der Waals surface area contributed by atoms with Gasteiger partial charge in [0.1, 0.15) is 5.78 Å². The first-order valence-corrected chi connectivity index (χ1v) is 12.0. The predicted molar refractivity (Wildman–Crippen MR) is 140 cm³/mol. The third kappa shape index (κ3) is 6.17. The highest BCUT2D eigenvalue weighted by Gasteiger charge is 2.21. The minimum atomic E-state index is -1.000. The van der Waals surface area contributed by atoms with E-state index in [4.69, 9.17) is 27.9 Å². The number of benzene rings is 2. The predicted octanol–water partition coefficient (Wildman–Crippen LogP) is 3.65. The number of carbonyl (C=O) groups excluding carboxylic acids is 1. The van der Waals surface area contributed by atoms with Crippen molar-refractivity contribution in [2.75, 3.05) is 36.0 Å². The van der Waals surface area contributed by atoms with Crippen LogP contribution in [-0.2, 0) is 11.2 Å². The molecule has 2 aromatic carbocycles. The van der Waals surface area contributed by atoms with Gasteiger partial charge in [-0.2, -0.15) is 0 Å². The van der Waals surface area contributed by atoms with Crippen LogP contribution < -0.4 is 15.5 Å². The van der Waals surface area contributed by atoms with Crippen molar-refractivity contribution in [3.63, 3.8) is 0 Å². The molecule has 2 heterocycles. The molecule has 0 unspecified atom stereocenters. The average Bonchev–Trinajstić information content (AvgIpc) is 2.87. The molecule has 4 rings (SSSR count). The number of anilines is 2. The minimum Gasteiger partial charge on any atom is -0.478 e. The van der Waals surface area contributed by atoms with E-state index in [1.165, 1.54) is 6.07 Å². The van der Waals surface area contributed by atoms with Crippen LogP contribution in [0.25, 0.3) is 11.1 Å². The van der Waals surface area contributed by atoms with Gasteiger partial charge in [-0.3, -0.25) is 10.2 Å². The van der Waals surface area contributed by atoms with E-state index < -0.39 is 5.97 Å². The molecule has 1 saturated heterocycles. The molecule has 4 N–H and O–H groups in total. The first-order chi connectivity index (χ1) is 17.3. The molecule has 3 aromatic rings. The molecule has 10 heteroatoms. The van der Waals surface area contributed by atoms with E-state index in [-0.39, 0.29) is 23.6 Å². The Labute approximate surface area is 214 Å². The molecule has 186 valence electrons. The number of piperazine rings is 1. The molecule has 1 aromatic heterocycles. The number of halogens is 1. The summed E-state index contributed by atoms with van der Waals surface area (Å²) >= 11 is 6.33. The van der Waals surface area contributed by atoms with E-state index in [0.717, 1.165) is 22.4 Å². The number of carboxylic acid groups (broad SMARTS) is 1. The fraction of sp³-hybridized carbons (Fsp3) is 0.269. The number of aryl methyl sites for hydroxylation is 1. The Kier molecular flexibility index (Phi) is 7.80. The second kappa shape index (κ2) is 11.2. The average molecular weight is 507 g/mol. The maximum absolute atomic E-state index is 11.8. The van der Waals surface area contributed by atoms with Crippen molar-refractivity contribution < 1.29 is 14.7 Å². The topological polar surface area (TPSA) is 136 Å². The molecule has 0 radical (unpaired) electrons. The molecule has 0 spiro atoms. The highest BCUT2D eigenvalue weighted by Crippen LogP contribution is 2.28. The number of nitrogens with zero attached hydrogens (tertiary/aromatic N) is 4. The molecule has 9 nitrogen and oxygen atoms in total. The lowest BCUT2D eigenvalue weighted by Gasteiger charge is -2.36. The number of aromatic nitrogens is 2. The number of rotatable bonds is 9. The van der Waals surface area contributed by atoms with Crippen molar-refractivity contribution in [2.45, 2.75) is 19.3 Å². The van der Waals surface area contributed by atoms with Gasteiger partial charge < -0.3 is 20.6 Å². The maximum atomic E-state index is 11.8. The van der Waals surface area contributed by atoms with Gasteiger partial charge in [0.25, 0.3) is 0 Å². The van der Waals surface area contributed by atoms with Gasteiger partial charge in [-0.1, -0.05) is 35.9 Å². The van der Waals surface area contributed by atoms with Crippen molar-refractivity contribution >= 4 is 40.8 Å². The molecule has 0 saturated carbocycles. The highest BCUT2D eigenvalue weighted by molar-refractivity contribution is 6.33. The molecule has 36 heavy (non-hydrogen) atoms. The normalized spacial score (nSPS) is 13.5. The Morgan fingerprint density at radius 1 is 1.00 bits per heavy atom. The SMILES string of the molecule is N=C(N)CC(=O)CCc1cccc(-c2cnc(N3CCN(c4ccc(C(=O)O)cc4Cl)CC3)nc2)c1. The molecule has 1 fully saturated rings. The van der Waals surface area contributed by atoms with Crippen LogP contribution in [-0.4, -0.2) is 58.8 Å². The van der Waals surface area contributed by atoms with Gasteiger partial charge in [-0.25, -0.2) is 14.8 Å². The summed E-state index contributed by atoms with van der Waals surface area (Å²) in [5.74, 6) is -0.497. The van der Waals surface area contributed by atoms with Crippen LogP contribution in [0.5, 0.6) is 0 Å². The third-order valence-electron chi connectivity index (χ3n) is 6.08. The van der Waals surface area contributed by atoms with Crippen LogP contribution in [0.1, 0.15) is 28.8 Å². The number of nitrogens with two attached hydrogens (primary N) is 1. The van der Waals surface area contributed by atoms with Crippen LogP contribution in [0.3, 0.4) is 0 Å². The molecular formula is C26H27ClN6O3. The number of carbonyl (C=O) groups is 2. The van der Waals surface area contributed by atoms with Gasteiger partial charge >= 0.3 is 5.97 Å². The van der Waals surface area contributed by atoms with Gasteiger partial charge in [0.2, 0.25) is 5.95 Å². The second-order valence-electron chi connectivity index (χ2n) is 8.66. The van der Waals surface area contributed by atoms with Gasteiger partial charge in [-0.05, 0) is 35.7 Å². The van der Waals surface area contributed by atoms with E-state index in [9.17, 15) is 9.59 Å². The van der Waals surface area contributed by atoms with Crippen molar-refractivity contribution in [3.8, 4) is 11.1 Å². The quantitative estimate of drug-likeness (QED) is 0.295. The van der Waals surface area contributed by atoms with Gasteiger partial charge in [0.05, 0.1) is 28.5 Å². The van der Waals surface area contributed by atoms with Crippen molar-refractivity contribution in [1.29, 1.82) is 5.41 Å². The summed E-state index contributed by atoms with van der Waals surface area (Å²) < 4.78 is 0. The summed E-state index contributed by atoms with van der Waals surface area (Å²) in [5, 5.41) is 16.8. The van der Waals surface area contributed by atoms with E-state index in [0.29, 0.717) is 50.0 Å². The molecule has 0 aliphatic carbocycles. The lowest BCUT2D eigenvalue weighted by atomic mass is 10.0. The van der Waals surface area contributed by atoms with Gasteiger partial charge in [0.15, 0.2) is 0 Å². The first-order valence-electron chi connectivity index (χ1n) is 11.6. The standard InChI is InChI=1S/C26H27ClN6O3/c27-22-13-19(25(35)36)5-7-23(22)32-8-10-33(11-9-32)26-30-15-20(16-31-26)18-3-1-2-17(12-18)4-6-21(34)14-24(28)29/h1-3,5,7,12-13,15-16H,4,6,8-11,14H2,(H3,28,29)(H,35,36). The lowest BCUT2D eigenvalue weighted by Crippen LogP contribution is -2.47. The number of Topliss-reactive ketones (excluding diaryl/α,β-unsaturated/α-hetero) is 1. The fourth-order valence-corrected chi connectivity index (χ4v) is 4.47. The highest BCUT2D eigenvalue weighted by atomic mass is 35.5. The third-order valence-corrected chi connectivity index (χ3v) is 6.38. The number of carboxylic acids is 1. The number of amidine groups is 1. The molecule has 1 aliphatic rings. The molecular weight excluding hydrogens is 480 g/mol. The summed E-state index contributed by atoms with van der Waals surface area (Å²) in [7, 11) is 0.